The molecule has 0 saturated heterocycles. The summed E-state index contributed by atoms with van der Waals surface area (Å²) in [6.07, 6.45) is 0.560. The van der Waals surface area contributed by atoms with Gasteiger partial charge in [-0.25, -0.2) is 4.98 Å². The van der Waals surface area contributed by atoms with Gasteiger partial charge in [0.1, 0.15) is 0 Å². The van der Waals surface area contributed by atoms with E-state index >= 15 is 0 Å². The first-order chi connectivity index (χ1) is 10.9. The summed E-state index contributed by atoms with van der Waals surface area (Å²) in [7, 11) is 0. The Bertz CT molecular complexity index is 901. The lowest BCUT2D eigenvalue weighted by molar-refractivity contribution is 0.447. The number of rotatable bonds is 4. The number of nitrogens with one attached hydrogen (secondary N) is 1. The number of nitrogens with zero attached hydrogens (tertiary/aromatic N) is 3. The lowest BCUT2D eigenvalue weighted by Gasteiger charge is -1.99. The van der Waals surface area contributed by atoms with Crippen molar-refractivity contribution in [3.05, 3.63) is 66.1 Å². The molecule has 0 aliphatic heterocycles. The van der Waals surface area contributed by atoms with Crippen LogP contribution in [0.3, 0.4) is 0 Å². The molecule has 0 aliphatic carbocycles. The van der Waals surface area contributed by atoms with Gasteiger partial charge in [-0.2, -0.15) is 4.37 Å². The molecule has 22 heavy (non-hydrogen) atoms. The zero-order valence-corrected chi connectivity index (χ0v) is 12.4. The summed E-state index contributed by atoms with van der Waals surface area (Å²) >= 11 is 1.34. The summed E-state index contributed by atoms with van der Waals surface area (Å²) in [4.78, 5) is 4.50. The van der Waals surface area contributed by atoms with E-state index in [2.05, 4.69) is 19.8 Å². The number of aromatic nitrogens is 3. The quantitative estimate of drug-likeness (QED) is 0.617. The third kappa shape index (κ3) is 2.56. The molecule has 5 nitrogen and oxygen atoms in total. The molecule has 0 radical (unpaired) electrons. The summed E-state index contributed by atoms with van der Waals surface area (Å²) in [5, 5.41) is 9.14. The number of hydrogen-bond donors (Lipinski definition) is 1. The highest BCUT2D eigenvalue weighted by Crippen LogP contribution is 2.22. The fraction of sp³-hybridized carbons (Fsp3) is 0.0625. The predicted octanol–water partition coefficient (Wildman–Crippen LogP) is 4.01. The van der Waals surface area contributed by atoms with Crippen LogP contribution in [0.25, 0.3) is 11.0 Å². The molecule has 0 atom stereocenters. The van der Waals surface area contributed by atoms with Crippen molar-refractivity contribution < 1.29 is 4.52 Å². The summed E-state index contributed by atoms with van der Waals surface area (Å²) in [5.74, 6) is 0.738. The van der Waals surface area contributed by atoms with Gasteiger partial charge in [0.15, 0.2) is 11.4 Å². The second-order valence-electron chi connectivity index (χ2n) is 4.81. The highest BCUT2D eigenvalue weighted by molar-refractivity contribution is 7.09. The van der Waals surface area contributed by atoms with E-state index in [1.807, 2.05) is 54.6 Å². The molecular formula is C16H12N4OS. The molecule has 108 valence electrons. The van der Waals surface area contributed by atoms with Gasteiger partial charge in [-0.1, -0.05) is 35.5 Å². The Kier molecular flexibility index (Phi) is 3.29. The van der Waals surface area contributed by atoms with E-state index in [1.54, 1.807) is 0 Å². The zero-order chi connectivity index (χ0) is 14.8. The first-order valence-electron chi connectivity index (χ1n) is 6.86. The first-order valence-corrected chi connectivity index (χ1v) is 7.64. The molecule has 4 rings (SSSR count). The van der Waals surface area contributed by atoms with Gasteiger partial charge < -0.3 is 9.84 Å². The van der Waals surface area contributed by atoms with E-state index in [0.29, 0.717) is 6.42 Å². The van der Waals surface area contributed by atoms with E-state index in [0.717, 1.165) is 33.3 Å². The van der Waals surface area contributed by atoms with Crippen molar-refractivity contribution in [2.75, 3.05) is 5.32 Å². The van der Waals surface area contributed by atoms with Crippen LogP contribution in [0.2, 0.25) is 0 Å². The topological polar surface area (TPSA) is 63.8 Å². The minimum absolute atomic E-state index is 0.560. The first kappa shape index (κ1) is 13.0. The molecule has 0 saturated carbocycles. The molecule has 4 aromatic rings. The van der Waals surface area contributed by atoms with Crippen LogP contribution in [0.1, 0.15) is 11.5 Å². The maximum Gasteiger partial charge on any atom is 0.207 e. The van der Waals surface area contributed by atoms with Crippen LogP contribution >= 0.6 is 11.5 Å². The molecule has 2 heterocycles. The Morgan fingerprint density at radius 3 is 2.73 bits per heavy atom. The van der Waals surface area contributed by atoms with Crippen molar-refractivity contribution in [3.8, 4) is 0 Å². The highest BCUT2D eigenvalue weighted by atomic mass is 32.1. The maximum absolute atomic E-state index is 5.31. The third-order valence-electron chi connectivity index (χ3n) is 3.27. The Balaban J connectivity index is 1.54. The molecule has 1 N–H and O–H groups in total. The molecule has 0 bridgehead atoms. The van der Waals surface area contributed by atoms with Gasteiger partial charge in [0.2, 0.25) is 5.13 Å². The van der Waals surface area contributed by atoms with Crippen molar-refractivity contribution in [1.82, 2.24) is 14.5 Å². The number of benzene rings is 2. The molecule has 6 heteroatoms. The number of para-hydroxylation sites is 2. The van der Waals surface area contributed by atoms with Crippen LogP contribution in [0.5, 0.6) is 0 Å². The standard InChI is InChI=1S/C16H12N4OS/c1-2-6-11(7-3-1)17-16-18-15(20-22-16)10-13-12-8-4-5-9-14(12)21-19-13/h1-9H,10H2,(H,17,18,20). The Hall–Kier alpha value is -2.73. The third-order valence-corrected chi connectivity index (χ3v) is 3.94. The zero-order valence-electron chi connectivity index (χ0n) is 11.6. The second kappa shape index (κ2) is 5.57. The molecule has 0 spiro atoms. The number of fused-ring (bicyclic) bond motifs is 1. The van der Waals surface area contributed by atoms with Crippen molar-refractivity contribution in [2.45, 2.75) is 6.42 Å². The molecule has 0 unspecified atom stereocenters. The van der Waals surface area contributed by atoms with Crippen LogP contribution in [0.15, 0.2) is 59.1 Å². The molecule has 0 aliphatic rings. The lowest BCUT2D eigenvalue weighted by atomic mass is 10.2. The molecular weight excluding hydrogens is 296 g/mol. The van der Waals surface area contributed by atoms with Crippen LogP contribution < -0.4 is 5.32 Å². The minimum Gasteiger partial charge on any atom is -0.356 e. The van der Waals surface area contributed by atoms with Crippen LogP contribution in [-0.4, -0.2) is 14.5 Å². The molecule has 2 aromatic heterocycles. The van der Waals surface area contributed by atoms with Gasteiger partial charge >= 0.3 is 0 Å². The Labute approximate surface area is 130 Å². The molecule has 0 amide bonds. The normalized spacial score (nSPS) is 10.9. The van der Waals surface area contributed by atoms with Crippen molar-refractivity contribution in [3.63, 3.8) is 0 Å². The number of hydrogen-bond acceptors (Lipinski definition) is 6. The average molecular weight is 308 g/mol. The van der Waals surface area contributed by atoms with E-state index in [4.69, 9.17) is 4.52 Å². The van der Waals surface area contributed by atoms with E-state index < -0.39 is 0 Å². The van der Waals surface area contributed by atoms with Crippen LogP contribution in [0.4, 0.5) is 10.8 Å². The summed E-state index contributed by atoms with van der Waals surface area (Å²) in [5.41, 5.74) is 2.65. The SMILES string of the molecule is c1ccc(Nc2nc(Cc3noc4ccccc34)ns2)cc1. The van der Waals surface area contributed by atoms with E-state index in [9.17, 15) is 0 Å². The smallest absolute Gasteiger partial charge is 0.207 e. The highest BCUT2D eigenvalue weighted by Gasteiger charge is 2.11. The van der Waals surface area contributed by atoms with Gasteiger partial charge in [0.05, 0.1) is 12.1 Å². The van der Waals surface area contributed by atoms with Gasteiger partial charge in [0, 0.05) is 22.6 Å². The predicted molar refractivity (Wildman–Crippen MR) is 86.4 cm³/mol. The van der Waals surface area contributed by atoms with Crippen molar-refractivity contribution >= 4 is 33.3 Å². The van der Waals surface area contributed by atoms with Crippen LogP contribution in [0, 0.1) is 0 Å². The Morgan fingerprint density at radius 2 is 1.82 bits per heavy atom. The largest absolute Gasteiger partial charge is 0.356 e. The fourth-order valence-corrected chi connectivity index (χ4v) is 2.84. The van der Waals surface area contributed by atoms with Gasteiger partial charge in [-0.15, -0.1) is 0 Å². The summed E-state index contributed by atoms with van der Waals surface area (Å²) in [6, 6.07) is 17.7. The second-order valence-corrected chi connectivity index (χ2v) is 5.56. The molecule has 0 fully saturated rings. The van der Waals surface area contributed by atoms with E-state index in [1.165, 1.54) is 11.5 Å². The van der Waals surface area contributed by atoms with Crippen LogP contribution in [-0.2, 0) is 6.42 Å². The summed E-state index contributed by atoms with van der Waals surface area (Å²) in [6.45, 7) is 0. The van der Waals surface area contributed by atoms with Gasteiger partial charge in [-0.05, 0) is 24.3 Å². The summed E-state index contributed by atoms with van der Waals surface area (Å²) < 4.78 is 9.69. The fourth-order valence-electron chi connectivity index (χ4n) is 2.24. The average Bonchev–Trinajstić information content (AvgIpc) is 3.17. The van der Waals surface area contributed by atoms with E-state index in [-0.39, 0.29) is 0 Å². The monoisotopic (exact) mass is 308 g/mol. The molecule has 2 aromatic carbocycles. The van der Waals surface area contributed by atoms with Crippen molar-refractivity contribution in [2.24, 2.45) is 0 Å². The van der Waals surface area contributed by atoms with Gasteiger partial charge in [-0.3, -0.25) is 0 Å². The van der Waals surface area contributed by atoms with Gasteiger partial charge in [0.25, 0.3) is 0 Å². The maximum atomic E-state index is 5.31. The van der Waals surface area contributed by atoms with Crippen molar-refractivity contribution in [1.29, 1.82) is 0 Å². The number of anilines is 2. The Morgan fingerprint density at radius 1 is 1.00 bits per heavy atom. The minimum atomic E-state index is 0.560. The lowest BCUT2D eigenvalue weighted by Crippen LogP contribution is -1.93.